The molecule has 0 fully saturated rings. The summed E-state index contributed by atoms with van der Waals surface area (Å²) in [6, 6.07) is 9.12. The highest BCUT2D eigenvalue weighted by Gasteiger charge is 2.26. The first-order valence-corrected chi connectivity index (χ1v) is 8.61. The van der Waals surface area contributed by atoms with Gasteiger partial charge in [0.1, 0.15) is 23.7 Å². The van der Waals surface area contributed by atoms with Crippen LogP contribution in [0.5, 0.6) is 0 Å². The highest BCUT2D eigenvalue weighted by Crippen LogP contribution is 2.11. The number of rotatable bonds is 8. The molecule has 4 N–H and O–H groups in total. The maximum Gasteiger partial charge on any atom is 0.243 e. The first-order chi connectivity index (χ1) is 13.3. The summed E-state index contributed by atoms with van der Waals surface area (Å²) in [4.78, 5) is 35.9. The number of carbonyl (C=O) groups is 3. The molecule has 0 aliphatic rings. The predicted molar refractivity (Wildman–Crippen MR) is 98.9 cm³/mol. The highest BCUT2D eigenvalue weighted by molar-refractivity contribution is 5.91. The van der Waals surface area contributed by atoms with Gasteiger partial charge in [0.05, 0.1) is 0 Å². The zero-order valence-corrected chi connectivity index (χ0v) is 15.2. The van der Waals surface area contributed by atoms with E-state index in [0.717, 1.165) is 0 Å². The van der Waals surface area contributed by atoms with Crippen LogP contribution < -0.4 is 16.4 Å². The maximum atomic E-state index is 13.9. The van der Waals surface area contributed by atoms with Gasteiger partial charge in [0.25, 0.3) is 0 Å². The second-order valence-electron chi connectivity index (χ2n) is 6.34. The van der Waals surface area contributed by atoms with E-state index in [2.05, 4.69) is 10.6 Å². The molecule has 0 aliphatic carbocycles. The lowest BCUT2D eigenvalue weighted by atomic mass is 10.0. The molecule has 8 heteroatoms. The van der Waals surface area contributed by atoms with Crippen molar-refractivity contribution < 1.29 is 23.2 Å². The molecule has 2 aromatic carbocycles. The molecule has 3 amide bonds. The average Bonchev–Trinajstić information content (AvgIpc) is 2.63. The summed E-state index contributed by atoms with van der Waals surface area (Å²) in [6.45, 7) is 1.23. The van der Waals surface area contributed by atoms with Gasteiger partial charge in [-0.25, -0.2) is 8.78 Å². The average molecular weight is 389 g/mol. The van der Waals surface area contributed by atoms with Gasteiger partial charge in [-0.3, -0.25) is 14.4 Å². The second-order valence-corrected chi connectivity index (χ2v) is 6.34. The van der Waals surface area contributed by atoms with Gasteiger partial charge in [-0.05, 0) is 29.3 Å². The lowest BCUT2D eigenvalue weighted by Gasteiger charge is -2.22. The van der Waals surface area contributed by atoms with E-state index >= 15 is 0 Å². The van der Waals surface area contributed by atoms with E-state index in [1.807, 2.05) is 0 Å². The van der Waals surface area contributed by atoms with Gasteiger partial charge in [0, 0.05) is 19.8 Å². The summed E-state index contributed by atoms with van der Waals surface area (Å²) in [5.74, 6) is -2.89. The molecule has 0 saturated carbocycles. The molecule has 0 saturated heterocycles. The fourth-order valence-electron chi connectivity index (χ4n) is 2.69. The van der Waals surface area contributed by atoms with Crippen LogP contribution >= 0.6 is 0 Å². The van der Waals surface area contributed by atoms with Crippen LogP contribution in [0.3, 0.4) is 0 Å². The van der Waals surface area contributed by atoms with Crippen LogP contribution in [-0.2, 0) is 27.2 Å². The zero-order valence-electron chi connectivity index (χ0n) is 15.2. The largest absolute Gasteiger partial charge is 0.368 e. The Kier molecular flexibility index (Phi) is 7.20. The lowest BCUT2D eigenvalue weighted by molar-refractivity contribution is -0.130. The molecule has 2 rings (SSSR count). The molecule has 0 heterocycles. The zero-order chi connectivity index (χ0) is 20.7. The van der Waals surface area contributed by atoms with Crippen LogP contribution in [-0.4, -0.2) is 29.8 Å². The smallest absolute Gasteiger partial charge is 0.243 e. The summed E-state index contributed by atoms with van der Waals surface area (Å²) in [7, 11) is 0. The van der Waals surface area contributed by atoms with E-state index in [1.54, 1.807) is 6.07 Å². The number of carbonyl (C=O) groups excluding carboxylic acids is 3. The second kappa shape index (κ2) is 9.59. The number of primary amides is 1. The molecule has 2 aromatic rings. The minimum atomic E-state index is -1.09. The first kappa shape index (κ1) is 21.0. The van der Waals surface area contributed by atoms with Crippen molar-refractivity contribution >= 4 is 17.7 Å². The highest BCUT2D eigenvalue weighted by atomic mass is 19.1. The number of halogens is 2. The monoisotopic (exact) mass is 389 g/mol. The van der Waals surface area contributed by atoms with Crippen molar-refractivity contribution in [1.29, 1.82) is 0 Å². The fraction of sp³-hybridized carbons (Fsp3) is 0.250. The van der Waals surface area contributed by atoms with Crippen LogP contribution in [0, 0.1) is 11.6 Å². The van der Waals surface area contributed by atoms with Crippen LogP contribution in [0.15, 0.2) is 48.5 Å². The summed E-state index contributed by atoms with van der Waals surface area (Å²) < 4.78 is 26.9. The molecule has 0 aliphatic heterocycles. The molecule has 148 valence electrons. The third kappa shape index (κ3) is 6.15. The van der Waals surface area contributed by atoms with Gasteiger partial charge < -0.3 is 16.4 Å². The Morgan fingerprint density at radius 1 is 0.929 bits per heavy atom. The molecule has 6 nitrogen and oxygen atoms in total. The maximum absolute atomic E-state index is 13.9. The SMILES string of the molecule is CC(=O)N[C@@H](Cc1ccccc1F)C(=O)N[C@@H](Cc1ccc(F)cc1)C(N)=O. The Balaban J connectivity index is 2.14. The molecule has 0 spiro atoms. The molecule has 2 atom stereocenters. The topological polar surface area (TPSA) is 101 Å². The predicted octanol–water partition coefficient (Wildman–Crippen LogP) is 1.22. The standard InChI is InChI=1S/C20H21F2N3O3/c1-12(26)24-18(11-14-4-2-3-5-16(14)22)20(28)25-17(19(23)27)10-13-6-8-15(21)9-7-13/h2-9,17-18H,10-11H2,1H3,(H2,23,27)(H,24,26)(H,25,28)/t17-,18-/m0/s1. The van der Waals surface area contributed by atoms with Crippen LogP contribution in [0.2, 0.25) is 0 Å². The van der Waals surface area contributed by atoms with E-state index in [4.69, 9.17) is 5.73 Å². The summed E-state index contributed by atoms with van der Waals surface area (Å²) in [5.41, 5.74) is 6.20. The van der Waals surface area contributed by atoms with Gasteiger partial charge in [-0.1, -0.05) is 30.3 Å². The minimum Gasteiger partial charge on any atom is -0.368 e. The lowest BCUT2D eigenvalue weighted by Crippen LogP contribution is -2.54. The Hall–Kier alpha value is -3.29. The number of hydrogen-bond donors (Lipinski definition) is 3. The van der Waals surface area contributed by atoms with Crippen molar-refractivity contribution in [3.05, 3.63) is 71.3 Å². The van der Waals surface area contributed by atoms with Gasteiger partial charge in [-0.15, -0.1) is 0 Å². The van der Waals surface area contributed by atoms with E-state index < -0.39 is 41.4 Å². The number of hydrogen-bond acceptors (Lipinski definition) is 3. The normalized spacial score (nSPS) is 12.7. The fourth-order valence-corrected chi connectivity index (χ4v) is 2.69. The van der Waals surface area contributed by atoms with E-state index in [0.29, 0.717) is 5.56 Å². The molecular weight excluding hydrogens is 368 g/mol. The van der Waals surface area contributed by atoms with Crippen LogP contribution in [0.25, 0.3) is 0 Å². The molecular formula is C20H21F2N3O3. The van der Waals surface area contributed by atoms with E-state index in [-0.39, 0.29) is 18.4 Å². The summed E-state index contributed by atoms with van der Waals surface area (Å²) >= 11 is 0. The van der Waals surface area contributed by atoms with Crippen molar-refractivity contribution in [3.8, 4) is 0 Å². The summed E-state index contributed by atoms with van der Waals surface area (Å²) in [5, 5.41) is 4.93. The van der Waals surface area contributed by atoms with Gasteiger partial charge >= 0.3 is 0 Å². The van der Waals surface area contributed by atoms with E-state index in [1.165, 1.54) is 49.4 Å². The molecule has 0 radical (unpaired) electrons. The third-order valence-electron chi connectivity index (χ3n) is 4.09. The van der Waals surface area contributed by atoms with Crippen molar-refractivity contribution in [1.82, 2.24) is 10.6 Å². The van der Waals surface area contributed by atoms with Gasteiger partial charge in [-0.2, -0.15) is 0 Å². The minimum absolute atomic E-state index is 0.0494. The molecule has 0 aromatic heterocycles. The Labute approximate surface area is 161 Å². The third-order valence-corrected chi connectivity index (χ3v) is 4.09. The number of nitrogens with one attached hydrogen (secondary N) is 2. The summed E-state index contributed by atoms with van der Waals surface area (Å²) in [6.07, 6.45) is -0.0477. The molecule has 0 bridgehead atoms. The number of amides is 3. The van der Waals surface area contributed by atoms with Crippen molar-refractivity contribution in [2.45, 2.75) is 31.8 Å². The Morgan fingerprint density at radius 2 is 1.57 bits per heavy atom. The van der Waals surface area contributed by atoms with Crippen LogP contribution in [0.4, 0.5) is 8.78 Å². The Morgan fingerprint density at radius 3 is 2.14 bits per heavy atom. The number of benzene rings is 2. The van der Waals surface area contributed by atoms with Gasteiger partial charge in [0.2, 0.25) is 17.7 Å². The van der Waals surface area contributed by atoms with Crippen molar-refractivity contribution in [2.24, 2.45) is 5.73 Å². The van der Waals surface area contributed by atoms with Crippen LogP contribution in [0.1, 0.15) is 18.1 Å². The van der Waals surface area contributed by atoms with E-state index in [9.17, 15) is 23.2 Å². The molecule has 28 heavy (non-hydrogen) atoms. The van der Waals surface area contributed by atoms with Gasteiger partial charge in [0.15, 0.2) is 0 Å². The molecule has 0 unspecified atom stereocenters. The van der Waals surface area contributed by atoms with Crippen molar-refractivity contribution in [3.63, 3.8) is 0 Å². The first-order valence-electron chi connectivity index (χ1n) is 8.61. The quantitative estimate of drug-likeness (QED) is 0.633. The Bertz CT molecular complexity index is 856. The number of nitrogens with two attached hydrogens (primary N) is 1. The van der Waals surface area contributed by atoms with Crippen molar-refractivity contribution in [2.75, 3.05) is 0 Å².